The molecule has 4 nitrogen and oxygen atoms in total. The van der Waals surface area contributed by atoms with Crippen LogP contribution in [0.4, 0.5) is 0 Å². The minimum atomic E-state index is -1.92. The molecule has 0 heterocycles. The van der Waals surface area contributed by atoms with Crippen LogP contribution in [0, 0.1) is 0 Å². The lowest BCUT2D eigenvalue weighted by atomic mass is 9.85. The summed E-state index contributed by atoms with van der Waals surface area (Å²) in [5, 5.41) is 9.04. The molecule has 0 saturated heterocycles. The Bertz CT molecular complexity index is 375. The smallest absolute Gasteiger partial charge is 0.336 e. The molecule has 1 aromatic rings. The summed E-state index contributed by atoms with van der Waals surface area (Å²) < 4.78 is 0. The molecule has 15 heavy (non-hydrogen) atoms. The van der Waals surface area contributed by atoms with E-state index in [2.05, 4.69) is 0 Å². The summed E-state index contributed by atoms with van der Waals surface area (Å²) in [5.41, 5.74) is 4.06. The third-order valence-corrected chi connectivity index (χ3v) is 2.33. The van der Waals surface area contributed by atoms with Gasteiger partial charge in [0.1, 0.15) is 0 Å². The van der Waals surface area contributed by atoms with Crippen LogP contribution in [0.5, 0.6) is 0 Å². The summed E-state index contributed by atoms with van der Waals surface area (Å²) in [6.45, 7) is 1.59. The Morgan fingerprint density at radius 1 is 1.33 bits per heavy atom. The van der Waals surface area contributed by atoms with Crippen LogP contribution in [-0.2, 0) is 15.1 Å². The highest BCUT2D eigenvalue weighted by molar-refractivity contribution is 6.08. The SMILES string of the molecule is CCC(=O)C(N)(C(=O)O)c1ccccc1. The lowest BCUT2D eigenvalue weighted by Gasteiger charge is -2.22. The highest BCUT2D eigenvalue weighted by Crippen LogP contribution is 2.20. The van der Waals surface area contributed by atoms with Crippen LogP contribution in [-0.4, -0.2) is 16.9 Å². The molecule has 1 rings (SSSR count). The number of benzene rings is 1. The number of carboxylic acid groups (broad SMARTS) is 1. The van der Waals surface area contributed by atoms with Gasteiger partial charge in [-0.3, -0.25) is 4.79 Å². The molecule has 0 bridgehead atoms. The van der Waals surface area contributed by atoms with Gasteiger partial charge in [-0.1, -0.05) is 37.3 Å². The van der Waals surface area contributed by atoms with E-state index in [0.29, 0.717) is 5.56 Å². The molecule has 1 aromatic carbocycles. The summed E-state index contributed by atoms with van der Waals surface area (Å²) in [4.78, 5) is 22.6. The zero-order valence-electron chi connectivity index (χ0n) is 8.43. The maximum Gasteiger partial charge on any atom is 0.336 e. The molecule has 1 unspecified atom stereocenters. The van der Waals surface area contributed by atoms with Crippen LogP contribution in [0.2, 0.25) is 0 Å². The van der Waals surface area contributed by atoms with Crippen LogP contribution < -0.4 is 5.73 Å². The highest BCUT2D eigenvalue weighted by atomic mass is 16.4. The van der Waals surface area contributed by atoms with Gasteiger partial charge in [0.25, 0.3) is 0 Å². The minimum Gasteiger partial charge on any atom is -0.479 e. The molecule has 1 atom stereocenters. The molecule has 80 valence electrons. The number of ketones is 1. The van der Waals surface area contributed by atoms with Gasteiger partial charge < -0.3 is 10.8 Å². The van der Waals surface area contributed by atoms with Crippen molar-refractivity contribution in [3.05, 3.63) is 35.9 Å². The van der Waals surface area contributed by atoms with Crippen LogP contribution in [0.3, 0.4) is 0 Å². The predicted molar refractivity (Wildman–Crippen MR) is 55.2 cm³/mol. The van der Waals surface area contributed by atoms with E-state index in [1.165, 1.54) is 0 Å². The van der Waals surface area contributed by atoms with Gasteiger partial charge in [-0.2, -0.15) is 0 Å². The molecule has 0 aliphatic heterocycles. The number of carbonyl (C=O) groups excluding carboxylic acids is 1. The van der Waals surface area contributed by atoms with Gasteiger partial charge in [-0.05, 0) is 5.56 Å². The van der Waals surface area contributed by atoms with E-state index in [4.69, 9.17) is 10.8 Å². The molecule has 0 aliphatic rings. The Hall–Kier alpha value is -1.68. The average Bonchev–Trinajstić information content (AvgIpc) is 2.27. The van der Waals surface area contributed by atoms with Crippen molar-refractivity contribution >= 4 is 11.8 Å². The maximum atomic E-state index is 11.6. The van der Waals surface area contributed by atoms with Gasteiger partial charge in [0, 0.05) is 6.42 Å². The Kier molecular flexibility index (Phi) is 3.21. The minimum absolute atomic E-state index is 0.0949. The zero-order valence-corrected chi connectivity index (χ0v) is 8.43. The molecule has 0 aliphatic carbocycles. The first-order valence-corrected chi connectivity index (χ1v) is 4.64. The van der Waals surface area contributed by atoms with Gasteiger partial charge in [0.15, 0.2) is 11.3 Å². The number of hydrogen-bond acceptors (Lipinski definition) is 3. The first kappa shape index (κ1) is 11.4. The van der Waals surface area contributed by atoms with Crippen LogP contribution in [0.1, 0.15) is 18.9 Å². The summed E-state index contributed by atoms with van der Waals surface area (Å²) >= 11 is 0. The van der Waals surface area contributed by atoms with Crippen LogP contribution >= 0.6 is 0 Å². The first-order valence-electron chi connectivity index (χ1n) is 4.64. The molecule has 0 spiro atoms. The molecular formula is C11H13NO3. The molecular weight excluding hydrogens is 194 g/mol. The number of carboxylic acids is 1. The number of nitrogens with two attached hydrogens (primary N) is 1. The van der Waals surface area contributed by atoms with Gasteiger partial charge in [-0.25, -0.2) is 4.79 Å². The predicted octanol–water partition coefficient (Wildman–Crippen LogP) is 0.904. The standard InChI is InChI=1S/C11H13NO3/c1-2-9(13)11(12,10(14)15)8-6-4-3-5-7-8/h3-7H,2,12H2,1H3,(H,14,15). The fraction of sp³-hybridized carbons (Fsp3) is 0.273. The van der Waals surface area contributed by atoms with Crippen molar-refractivity contribution < 1.29 is 14.7 Å². The van der Waals surface area contributed by atoms with Gasteiger partial charge >= 0.3 is 5.97 Å². The number of Topliss-reactive ketones (excluding diaryl/α,β-unsaturated/α-hetero) is 1. The maximum absolute atomic E-state index is 11.6. The van der Waals surface area contributed by atoms with E-state index in [-0.39, 0.29) is 6.42 Å². The third-order valence-electron chi connectivity index (χ3n) is 2.33. The summed E-state index contributed by atoms with van der Waals surface area (Å²) in [5.74, 6) is -1.82. The third kappa shape index (κ3) is 1.89. The second kappa shape index (κ2) is 4.23. The highest BCUT2D eigenvalue weighted by Gasteiger charge is 2.42. The largest absolute Gasteiger partial charge is 0.479 e. The van der Waals surface area contributed by atoms with Crippen LogP contribution in [0.15, 0.2) is 30.3 Å². The second-order valence-electron chi connectivity index (χ2n) is 3.26. The van der Waals surface area contributed by atoms with Crippen molar-refractivity contribution in [1.82, 2.24) is 0 Å². The Balaban J connectivity index is 3.25. The van der Waals surface area contributed by atoms with E-state index in [1.807, 2.05) is 0 Å². The van der Waals surface area contributed by atoms with Gasteiger partial charge in [0.05, 0.1) is 0 Å². The summed E-state index contributed by atoms with van der Waals surface area (Å²) in [7, 11) is 0. The molecule has 0 saturated carbocycles. The lowest BCUT2D eigenvalue weighted by Crippen LogP contribution is -2.51. The molecule has 3 N–H and O–H groups in total. The zero-order chi connectivity index (χ0) is 11.5. The monoisotopic (exact) mass is 207 g/mol. The fourth-order valence-electron chi connectivity index (χ4n) is 1.38. The van der Waals surface area contributed by atoms with Crippen molar-refractivity contribution in [1.29, 1.82) is 0 Å². The average molecular weight is 207 g/mol. The van der Waals surface area contributed by atoms with E-state index in [0.717, 1.165) is 0 Å². The number of hydrogen-bond donors (Lipinski definition) is 2. The fourth-order valence-corrected chi connectivity index (χ4v) is 1.38. The van der Waals surface area contributed by atoms with Crippen molar-refractivity contribution in [2.45, 2.75) is 18.9 Å². The van der Waals surface area contributed by atoms with Crippen molar-refractivity contribution in [3.8, 4) is 0 Å². The Morgan fingerprint density at radius 2 is 1.87 bits per heavy atom. The molecule has 0 radical (unpaired) electrons. The van der Waals surface area contributed by atoms with Crippen molar-refractivity contribution in [2.75, 3.05) is 0 Å². The van der Waals surface area contributed by atoms with Crippen molar-refractivity contribution in [2.24, 2.45) is 5.73 Å². The molecule has 0 amide bonds. The summed E-state index contributed by atoms with van der Waals surface area (Å²) in [6.07, 6.45) is 0.0949. The number of rotatable bonds is 4. The first-order chi connectivity index (χ1) is 7.03. The lowest BCUT2D eigenvalue weighted by molar-refractivity contribution is -0.148. The number of aliphatic carboxylic acids is 1. The number of carbonyl (C=O) groups is 2. The summed E-state index contributed by atoms with van der Waals surface area (Å²) in [6, 6.07) is 8.14. The molecule has 0 aromatic heterocycles. The molecule has 0 fully saturated rings. The Morgan fingerprint density at radius 3 is 2.27 bits per heavy atom. The van der Waals surface area contributed by atoms with E-state index in [1.54, 1.807) is 37.3 Å². The quantitative estimate of drug-likeness (QED) is 0.719. The van der Waals surface area contributed by atoms with Crippen LogP contribution in [0.25, 0.3) is 0 Å². The second-order valence-corrected chi connectivity index (χ2v) is 3.26. The van der Waals surface area contributed by atoms with E-state index < -0.39 is 17.3 Å². The van der Waals surface area contributed by atoms with E-state index >= 15 is 0 Å². The molecule has 4 heteroatoms. The topological polar surface area (TPSA) is 80.4 Å². The van der Waals surface area contributed by atoms with E-state index in [9.17, 15) is 9.59 Å². The van der Waals surface area contributed by atoms with Crippen molar-refractivity contribution in [3.63, 3.8) is 0 Å². The van der Waals surface area contributed by atoms with Gasteiger partial charge in [0.2, 0.25) is 0 Å². The van der Waals surface area contributed by atoms with Gasteiger partial charge in [-0.15, -0.1) is 0 Å². The Labute approximate surface area is 87.7 Å². The normalized spacial score (nSPS) is 14.3.